The Balaban J connectivity index is 2.07. The van der Waals surface area contributed by atoms with Gasteiger partial charge in [0.1, 0.15) is 6.04 Å². The van der Waals surface area contributed by atoms with Crippen LogP contribution in [0.15, 0.2) is 0 Å². The average Bonchev–Trinajstić information content (AvgIpc) is 2.86. The number of esters is 1. The Labute approximate surface area is 97.3 Å². The molecule has 0 spiro atoms. The van der Waals surface area contributed by atoms with Gasteiger partial charge in [-0.05, 0) is 38.3 Å². The summed E-state index contributed by atoms with van der Waals surface area (Å²) in [5.41, 5.74) is 0. The number of methoxy groups -OCH3 is 1. The summed E-state index contributed by atoms with van der Waals surface area (Å²) in [6, 6.07) is 0.439. The minimum atomic E-state index is -0.105. The van der Waals surface area contributed by atoms with Crippen molar-refractivity contribution < 1.29 is 9.53 Å². The van der Waals surface area contributed by atoms with Gasteiger partial charge >= 0.3 is 5.97 Å². The summed E-state index contributed by atoms with van der Waals surface area (Å²) in [7, 11) is 1.47. The van der Waals surface area contributed by atoms with E-state index in [1.807, 2.05) is 6.92 Å². The Bertz CT molecular complexity index is 270. The minimum Gasteiger partial charge on any atom is -0.468 e. The molecule has 0 aromatic rings. The fourth-order valence-corrected chi connectivity index (χ4v) is 3.34. The first kappa shape index (κ1) is 11.9. The van der Waals surface area contributed by atoms with Crippen molar-refractivity contribution in [2.45, 2.75) is 32.4 Å². The van der Waals surface area contributed by atoms with Crippen molar-refractivity contribution in [3.63, 3.8) is 0 Å². The van der Waals surface area contributed by atoms with Crippen LogP contribution < -0.4 is 5.32 Å². The lowest BCUT2D eigenvalue weighted by Crippen LogP contribution is -2.45. The molecule has 2 aliphatic rings. The molecular formula is C12H22N2O2. The average molecular weight is 226 g/mol. The number of rotatable bonds is 3. The number of hydrogen-bond acceptors (Lipinski definition) is 4. The minimum absolute atomic E-state index is 0.0967. The molecule has 0 amide bonds. The second kappa shape index (κ2) is 4.72. The lowest BCUT2D eigenvalue weighted by Gasteiger charge is -2.30. The van der Waals surface area contributed by atoms with Crippen LogP contribution in [0.5, 0.6) is 0 Å². The van der Waals surface area contributed by atoms with Crippen LogP contribution in [-0.4, -0.2) is 49.7 Å². The van der Waals surface area contributed by atoms with Crippen LogP contribution in [0.1, 0.15) is 20.3 Å². The van der Waals surface area contributed by atoms with Crippen LogP contribution >= 0.6 is 0 Å². The van der Waals surface area contributed by atoms with Gasteiger partial charge in [-0.15, -0.1) is 0 Å². The first-order valence-electron chi connectivity index (χ1n) is 6.23. The molecule has 0 bridgehead atoms. The highest BCUT2D eigenvalue weighted by Gasteiger charge is 2.45. The molecule has 0 radical (unpaired) electrons. The predicted molar refractivity (Wildman–Crippen MR) is 62.1 cm³/mol. The summed E-state index contributed by atoms with van der Waals surface area (Å²) in [6.07, 6.45) is 1.12. The topological polar surface area (TPSA) is 41.6 Å². The standard InChI is InChI=1S/C12H22N2O2/c1-4-11-10-6-13-5-9(10)7-14(11)8(2)12(15)16-3/h8-11,13H,4-7H2,1-3H3. The van der Waals surface area contributed by atoms with Gasteiger partial charge in [-0.2, -0.15) is 0 Å². The van der Waals surface area contributed by atoms with Crippen LogP contribution in [0.2, 0.25) is 0 Å². The van der Waals surface area contributed by atoms with Crippen molar-refractivity contribution in [2.75, 3.05) is 26.7 Å². The molecule has 0 aliphatic carbocycles. The third-order valence-electron chi connectivity index (χ3n) is 4.22. The second-order valence-electron chi connectivity index (χ2n) is 4.95. The molecule has 92 valence electrons. The number of hydrogen-bond donors (Lipinski definition) is 1. The molecule has 1 N–H and O–H groups in total. The Hall–Kier alpha value is -0.610. The summed E-state index contributed by atoms with van der Waals surface area (Å²) in [6.45, 7) is 7.41. The van der Waals surface area contributed by atoms with E-state index in [2.05, 4.69) is 17.1 Å². The maximum atomic E-state index is 11.6. The fourth-order valence-electron chi connectivity index (χ4n) is 3.34. The van der Waals surface area contributed by atoms with Crippen LogP contribution in [0.3, 0.4) is 0 Å². The number of fused-ring (bicyclic) bond motifs is 1. The van der Waals surface area contributed by atoms with Crippen LogP contribution in [-0.2, 0) is 9.53 Å². The Morgan fingerprint density at radius 3 is 2.94 bits per heavy atom. The predicted octanol–water partition coefficient (Wildman–Crippen LogP) is 0.478. The molecule has 2 rings (SSSR count). The van der Waals surface area contributed by atoms with E-state index in [0.29, 0.717) is 6.04 Å². The molecule has 4 nitrogen and oxygen atoms in total. The number of nitrogens with zero attached hydrogens (tertiary/aromatic N) is 1. The lowest BCUT2D eigenvalue weighted by atomic mass is 9.92. The molecule has 2 saturated heterocycles. The van der Waals surface area contributed by atoms with Gasteiger partial charge in [-0.3, -0.25) is 9.69 Å². The quantitative estimate of drug-likeness (QED) is 0.711. The van der Waals surface area contributed by atoms with Gasteiger partial charge in [0.05, 0.1) is 7.11 Å². The molecule has 2 fully saturated rings. The van der Waals surface area contributed by atoms with Gasteiger partial charge in [0.2, 0.25) is 0 Å². The summed E-state index contributed by atoms with van der Waals surface area (Å²) in [4.78, 5) is 13.9. The highest BCUT2D eigenvalue weighted by molar-refractivity contribution is 5.75. The Morgan fingerprint density at radius 1 is 1.56 bits per heavy atom. The van der Waals surface area contributed by atoms with E-state index < -0.39 is 0 Å². The second-order valence-corrected chi connectivity index (χ2v) is 4.95. The molecule has 0 aromatic heterocycles. The van der Waals surface area contributed by atoms with Crippen LogP contribution in [0.4, 0.5) is 0 Å². The zero-order chi connectivity index (χ0) is 11.7. The lowest BCUT2D eigenvalue weighted by molar-refractivity contribution is -0.146. The molecule has 4 unspecified atom stereocenters. The van der Waals surface area contributed by atoms with Gasteiger partial charge in [-0.1, -0.05) is 6.92 Å². The normalized spacial score (nSPS) is 36.1. The molecule has 0 saturated carbocycles. The van der Waals surface area contributed by atoms with E-state index in [-0.39, 0.29) is 12.0 Å². The Morgan fingerprint density at radius 2 is 2.31 bits per heavy atom. The van der Waals surface area contributed by atoms with E-state index in [1.54, 1.807) is 0 Å². The number of carbonyl (C=O) groups excluding carboxylic acids is 1. The third-order valence-corrected chi connectivity index (χ3v) is 4.22. The highest BCUT2D eigenvalue weighted by Crippen LogP contribution is 2.35. The SMILES string of the molecule is CCC1C2CNCC2CN1C(C)C(=O)OC. The van der Waals surface area contributed by atoms with Crippen molar-refractivity contribution in [1.29, 1.82) is 0 Å². The molecule has 2 aliphatic heterocycles. The fraction of sp³-hybridized carbons (Fsp3) is 0.917. The molecule has 0 aromatic carbocycles. The van der Waals surface area contributed by atoms with Crippen LogP contribution in [0, 0.1) is 11.8 Å². The first-order chi connectivity index (χ1) is 7.69. The largest absolute Gasteiger partial charge is 0.468 e. The van der Waals surface area contributed by atoms with Gasteiger partial charge < -0.3 is 10.1 Å². The van der Waals surface area contributed by atoms with E-state index in [4.69, 9.17) is 4.74 Å². The van der Waals surface area contributed by atoms with E-state index in [0.717, 1.165) is 37.9 Å². The van der Waals surface area contributed by atoms with E-state index in [1.165, 1.54) is 7.11 Å². The maximum Gasteiger partial charge on any atom is 0.322 e. The summed E-state index contributed by atoms with van der Waals surface area (Å²) in [5.74, 6) is 1.33. The third kappa shape index (κ3) is 1.84. The molecule has 2 heterocycles. The maximum absolute atomic E-state index is 11.6. The van der Waals surface area contributed by atoms with Crippen molar-refractivity contribution >= 4 is 5.97 Å². The summed E-state index contributed by atoms with van der Waals surface area (Å²) >= 11 is 0. The van der Waals surface area contributed by atoms with Crippen molar-refractivity contribution in [1.82, 2.24) is 10.2 Å². The van der Waals surface area contributed by atoms with Gasteiger partial charge in [0.15, 0.2) is 0 Å². The van der Waals surface area contributed by atoms with Gasteiger partial charge in [0.25, 0.3) is 0 Å². The zero-order valence-corrected chi connectivity index (χ0v) is 10.4. The molecular weight excluding hydrogens is 204 g/mol. The van der Waals surface area contributed by atoms with Crippen molar-refractivity contribution in [3.8, 4) is 0 Å². The highest BCUT2D eigenvalue weighted by atomic mass is 16.5. The van der Waals surface area contributed by atoms with Gasteiger partial charge in [0, 0.05) is 12.6 Å². The number of carbonyl (C=O) groups is 1. The van der Waals surface area contributed by atoms with E-state index >= 15 is 0 Å². The van der Waals surface area contributed by atoms with Crippen molar-refractivity contribution in [2.24, 2.45) is 11.8 Å². The monoisotopic (exact) mass is 226 g/mol. The zero-order valence-electron chi connectivity index (χ0n) is 10.4. The van der Waals surface area contributed by atoms with Crippen molar-refractivity contribution in [3.05, 3.63) is 0 Å². The van der Waals surface area contributed by atoms with Crippen LogP contribution in [0.25, 0.3) is 0 Å². The smallest absolute Gasteiger partial charge is 0.322 e. The number of likely N-dealkylation sites (tertiary alicyclic amines) is 1. The number of nitrogens with one attached hydrogen (secondary N) is 1. The summed E-state index contributed by atoms with van der Waals surface area (Å²) < 4.78 is 4.84. The molecule has 16 heavy (non-hydrogen) atoms. The molecule has 4 heteroatoms. The van der Waals surface area contributed by atoms with Gasteiger partial charge in [-0.25, -0.2) is 0 Å². The van der Waals surface area contributed by atoms with E-state index in [9.17, 15) is 4.79 Å². The Kier molecular flexibility index (Phi) is 3.50. The summed E-state index contributed by atoms with van der Waals surface area (Å²) in [5, 5.41) is 3.45. The molecule has 4 atom stereocenters. The number of ether oxygens (including phenoxy) is 1. The first-order valence-corrected chi connectivity index (χ1v) is 6.23.